The number of pyridine rings is 1. The van der Waals surface area contributed by atoms with Gasteiger partial charge in [0.1, 0.15) is 0 Å². The first kappa shape index (κ1) is 19.9. The maximum absolute atomic E-state index is 11.9. The number of anilines is 1. The third kappa shape index (κ3) is 5.83. The number of nitrogens with one attached hydrogen (secondary N) is 2. The zero-order valence-electron chi connectivity index (χ0n) is 15.9. The van der Waals surface area contributed by atoms with E-state index in [9.17, 15) is 4.79 Å². The SMILES string of the molecule is Cc1ccc(/C=C/C(=O)NCCCCNc2ccnc3cc(Cl)ccc23)cc1. The van der Waals surface area contributed by atoms with Crippen molar-refractivity contribution in [3.63, 3.8) is 0 Å². The lowest BCUT2D eigenvalue weighted by Crippen LogP contribution is -2.22. The molecule has 144 valence electrons. The highest BCUT2D eigenvalue weighted by Crippen LogP contribution is 2.24. The van der Waals surface area contributed by atoms with Crippen LogP contribution < -0.4 is 10.6 Å². The smallest absolute Gasteiger partial charge is 0.243 e. The molecule has 0 atom stereocenters. The number of carbonyl (C=O) groups is 1. The van der Waals surface area contributed by atoms with E-state index in [1.54, 1.807) is 12.3 Å². The van der Waals surface area contributed by atoms with Crippen LogP contribution in [0.4, 0.5) is 5.69 Å². The molecular weight excluding hydrogens is 370 g/mol. The third-order valence-corrected chi connectivity index (χ3v) is 4.66. The minimum absolute atomic E-state index is 0.0643. The van der Waals surface area contributed by atoms with Gasteiger partial charge in [-0.3, -0.25) is 9.78 Å². The molecule has 1 amide bonds. The fraction of sp³-hybridized carbons (Fsp3) is 0.217. The van der Waals surface area contributed by atoms with Crippen molar-refractivity contribution in [3.8, 4) is 0 Å². The number of amides is 1. The number of aromatic nitrogens is 1. The minimum Gasteiger partial charge on any atom is -0.384 e. The van der Waals surface area contributed by atoms with Gasteiger partial charge in [0.25, 0.3) is 0 Å². The van der Waals surface area contributed by atoms with Crippen molar-refractivity contribution in [3.05, 3.63) is 77.0 Å². The first-order valence-electron chi connectivity index (χ1n) is 9.42. The Balaban J connectivity index is 1.37. The van der Waals surface area contributed by atoms with Crippen LogP contribution in [0.5, 0.6) is 0 Å². The second kappa shape index (κ2) is 9.90. The number of halogens is 1. The van der Waals surface area contributed by atoms with Crippen LogP contribution in [0.3, 0.4) is 0 Å². The number of benzene rings is 2. The van der Waals surface area contributed by atoms with Gasteiger partial charge in [0.2, 0.25) is 5.91 Å². The molecule has 0 unspecified atom stereocenters. The number of aryl methyl sites for hydroxylation is 1. The van der Waals surface area contributed by atoms with Gasteiger partial charge >= 0.3 is 0 Å². The van der Waals surface area contributed by atoms with Gasteiger partial charge in [0.15, 0.2) is 0 Å². The third-order valence-electron chi connectivity index (χ3n) is 4.43. The fourth-order valence-electron chi connectivity index (χ4n) is 2.87. The van der Waals surface area contributed by atoms with Crippen LogP contribution in [0, 0.1) is 6.92 Å². The van der Waals surface area contributed by atoms with Crippen molar-refractivity contribution in [2.45, 2.75) is 19.8 Å². The Hall–Kier alpha value is -2.85. The molecule has 0 spiro atoms. The summed E-state index contributed by atoms with van der Waals surface area (Å²) in [5.74, 6) is -0.0643. The van der Waals surface area contributed by atoms with Crippen molar-refractivity contribution in [1.29, 1.82) is 0 Å². The average molecular weight is 394 g/mol. The predicted molar refractivity (Wildman–Crippen MR) is 118 cm³/mol. The molecule has 4 nitrogen and oxygen atoms in total. The molecule has 3 aromatic rings. The van der Waals surface area contributed by atoms with Crippen LogP contribution in [0.15, 0.2) is 60.8 Å². The highest BCUT2D eigenvalue weighted by atomic mass is 35.5. The van der Waals surface area contributed by atoms with Crippen LogP contribution in [0.2, 0.25) is 5.02 Å². The average Bonchev–Trinajstić information content (AvgIpc) is 2.70. The maximum Gasteiger partial charge on any atom is 0.243 e. The molecule has 1 aromatic heterocycles. The van der Waals surface area contributed by atoms with E-state index >= 15 is 0 Å². The standard InChI is InChI=1S/C23H24ClN3O/c1-17-4-6-18(7-5-17)8-11-23(28)27-14-3-2-13-25-21-12-15-26-22-16-19(24)9-10-20(21)22/h4-12,15-16H,2-3,13-14H2,1H3,(H,25,26)(H,27,28)/b11-8+. The summed E-state index contributed by atoms with van der Waals surface area (Å²) in [6.07, 6.45) is 7.06. The molecule has 0 aliphatic rings. The Morgan fingerprint density at radius 3 is 2.68 bits per heavy atom. The van der Waals surface area contributed by atoms with Gasteiger partial charge in [-0.1, -0.05) is 41.4 Å². The Bertz CT molecular complexity index is 967. The quantitative estimate of drug-likeness (QED) is 0.407. The Kier molecular flexibility index (Phi) is 7.04. The lowest BCUT2D eigenvalue weighted by Gasteiger charge is -2.09. The molecule has 0 saturated heterocycles. The number of unbranched alkanes of at least 4 members (excludes halogenated alkanes) is 1. The first-order valence-corrected chi connectivity index (χ1v) is 9.80. The van der Waals surface area contributed by atoms with Crippen molar-refractivity contribution >= 4 is 40.2 Å². The summed E-state index contributed by atoms with van der Waals surface area (Å²) in [7, 11) is 0. The Morgan fingerprint density at radius 1 is 1.07 bits per heavy atom. The van der Waals surface area contributed by atoms with Gasteiger partial charge in [-0.25, -0.2) is 0 Å². The van der Waals surface area contributed by atoms with Crippen molar-refractivity contribution in [2.75, 3.05) is 18.4 Å². The summed E-state index contributed by atoms with van der Waals surface area (Å²) in [4.78, 5) is 16.2. The first-order chi connectivity index (χ1) is 13.6. The largest absolute Gasteiger partial charge is 0.384 e. The van der Waals surface area contributed by atoms with Gasteiger partial charge in [0.05, 0.1) is 5.52 Å². The van der Waals surface area contributed by atoms with E-state index in [4.69, 9.17) is 11.6 Å². The summed E-state index contributed by atoms with van der Waals surface area (Å²) in [6.45, 7) is 3.53. The number of carbonyl (C=O) groups excluding carboxylic acids is 1. The van der Waals surface area contributed by atoms with Crippen LogP contribution >= 0.6 is 11.6 Å². The lowest BCUT2D eigenvalue weighted by molar-refractivity contribution is -0.116. The van der Waals surface area contributed by atoms with Gasteiger partial charge in [-0.05, 0) is 55.7 Å². The molecule has 0 bridgehead atoms. The normalized spacial score (nSPS) is 11.1. The molecule has 0 aliphatic carbocycles. The molecule has 5 heteroatoms. The highest BCUT2D eigenvalue weighted by Gasteiger charge is 2.02. The van der Waals surface area contributed by atoms with Gasteiger partial charge in [-0.2, -0.15) is 0 Å². The van der Waals surface area contributed by atoms with E-state index in [1.165, 1.54) is 5.56 Å². The highest BCUT2D eigenvalue weighted by molar-refractivity contribution is 6.31. The van der Waals surface area contributed by atoms with E-state index < -0.39 is 0 Å². The lowest BCUT2D eigenvalue weighted by atomic mass is 10.1. The fourth-order valence-corrected chi connectivity index (χ4v) is 3.03. The van der Waals surface area contributed by atoms with Crippen molar-refractivity contribution in [2.24, 2.45) is 0 Å². The molecule has 0 radical (unpaired) electrons. The number of fused-ring (bicyclic) bond motifs is 1. The molecule has 0 fully saturated rings. The summed E-state index contributed by atoms with van der Waals surface area (Å²) in [5.41, 5.74) is 4.16. The van der Waals surface area contributed by atoms with E-state index in [-0.39, 0.29) is 5.91 Å². The van der Waals surface area contributed by atoms with Gasteiger partial charge < -0.3 is 10.6 Å². The van der Waals surface area contributed by atoms with E-state index in [0.29, 0.717) is 11.6 Å². The summed E-state index contributed by atoms with van der Waals surface area (Å²) in [6, 6.07) is 15.7. The van der Waals surface area contributed by atoms with E-state index in [0.717, 1.165) is 41.5 Å². The number of hydrogen-bond donors (Lipinski definition) is 2. The van der Waals surface area contributed by atoms with Crippen LogP contribution in [0.25, 0.3) is 17.0 Å². The Labute approximate surface area is 170 Å². The predicted octanol–water partition coefficient (Wildman–Crippen LogP) is 5.22. The number of rotatable bonds is 8. The summed E-state index contributed by atoms with van der Waals surface area (Å²) >= 11 is 6.02. The van der Waals surface area contributed by atoms with Gasteiger partial charge in [0, 0.05) is 41.5 Å². The van der Waals surface area contributed by atoms with Crippen LogP contribution in [-0.4, -0.2) is 24.0 Å². The molecule has 0 saturated carbocycles. The topological polar surface area (TPSA) is 54.0 Å². The second-order valence-corrected chi connectivity index (χ2v) is 7.13. The zero-order chi connectivity index (χ0) is 19.8. The van der Waals surface area contributed by atoms with Gasteiger partial charge in [-0.15, -0.1) is 0 Å². The van der Waals surface area contributed by atoms with Crippen LogP contribution in [-0.2, 0) is 4.79 Å². The van der Waals surface area contributed by atoms with E-state index in [1.807, 2.05) is 61.5 Å². The van der Waals surface area contributed by atoms with Crippen LogP contribution in [0.1, 0.15) is 24.0 Å². The number of nitrogens with zero attached hydrogens (tertiary/aromatic N) is 1. The maximum atomic E-state index is 11.9. The summed E-state index contributed by atoms with van der Waals surface area (Å²) in [5, 5.41) is 8.10. The molecular formula is C23H24ClN3O. The van der Waals surface area contributed by atoms with Crippen molar-refractivity contribution in [1.82, 2.24) is 10.3 Å². The Morgan fingerprint density at radius 2 is 1.86 bits per heavy atom. The molecule has 2 N–H and O–H groups in total. The molecule has 3 rings (SSSR count). The molecule has 0 aliphatic heterocycles. The van der Waals surface area contributed by atoms with Crippen molar-refractivity contribution < 1.29 is 4.79 Å². The summed E-state index contributed by atoms with van der Waals surface area (Å²) < 4.78 is 0. The number of hydrogen-bond acceptors (Lipinski definition) is 3. The molecule has 1 heterocycles. The second-order valence-electron chi connectivity index (χ2n) is 6.69. The zero-order valence-corrected chi connectivity index (χ0v) is 16.7. The monoisotopic (exact) mass is 393 g/mol. The molecule has 28 heavy (non-hydrogen) atoms. The molecule has 2 aromatic carbocycles. The minimum atomic E-state index is -0.0643. The van der Waals surface area contributed by atoms with E-state index in [2.05, 4.69) is 15.6 Å².